The zero-order valence-corrected chi connectivity index (χ0v) is 19.1. The number of furan rings is 1. The highest BCUT2D eigenvalue weighted by Crippen LogP contribution is 2.32. The molecule has 0 saturated heterocycles. The summed E-state index contributed by atoms with van der Waals surface area (Å²) in [5.74, 6) is 0.856. The second-order valence-corrected chi connectivity index (χ2v) is 10.4. The van der Waals surface area contributed by atoms with Gasteiger partial charge in [0.15, 0.2) is 0 Å². The molecule has 0 amide bonds. The van der Waals surface area contributed by atoms with E-state index in [-0.39, 0.29) is 10.8 Å². The van der Waals surface area contributed by atoms with Crippen molar-refractivity contribution in [2.75, 3.05) is 0 Å². The summed E-state index contributed by atoms with van der Waals surface area (Å²) in [5, 5.41) is 1.03. The number of hydrogen-bond acceptors (Lipinski definition) is 2. The Labute approximate surface area is 180 Å². The molecular formula is C28H31NO. The van der Waals surface area contributed by atoms with E-state index in [1.165, 1.54) is 16.7 Å². The molecule has 4 rings (SSSR count). The molecule has 154 valence electrons. The Kier molecular flexibility index (Phi) is 4.85. The van der Waals surface area contributed by atoms with E-state index in [2.05, 4.69) is 109 Å². The number of aryl methyl sites for hydroxylation is 1. The smallest absolute Gasteiger partial charge is 0.227 e. The van der Waals surface area contributed by atoms with Crippen LogP contribution in [0.4, 0.5) is 0 Å². The van der Waals surface area contributed by atoms with Crippen LogP contribution in [0.15, 0.2) is 65.1 Å². The third kappa shape index (κ3) is 4.05. The van der Waals surface area contributed by atoms with Gasteiger partial charge >= 0.3 is 0 Å². The predicted molar refractivity (Wildman–Crippen MR) is 127 cm³/mol. The molecular weight excluding hydrogens is 366 g/mol. The summed E-state index contributed by atoms with van der Waals surface area (Å²) >= 11 is 0. The van der Waals surface area contributed by atoms with Gasteiger partial charge in [-0.2, -0.15) is 0 Å². The SMILES string of the molecule is Cc1cc(-c2ccc3cc(-c4ccc(C(C)(C)C)cc4)oc3n2)cc(C(C)(C)C)c1. The lowest BCUT2D eigenvalue weighted by molar-refractivity contribution is 0.589. The first-order chi connectivity index (χ1) is 14.0. The first kappa shape index (κ1) is 20.4. The van der Waals surface area contributed by atoms with E-state index >= 15 is 0 Å². The number of nitrogens with zero attached hydrogens (tertiary/aromatic N) is 1. The number of aromatic nitrogens is 1. The Bertz CT molecular complexity index is 1200. The fraction of sp³-hybridized carbons (Fsp3) is 0.321. The largest absolute Gasteiger partial charge is 0.438 e. The lowest BCUT2D eigenvalue weighted by atomic mass is 9.85. The van der Waals surface area contributed by atoms with Crippen molar-refractivity contribution in [3.8, 4) is 22.6 Å². The van der Waals surface area contributed by atoms with Gasteiger partial charge in [0.1, 0.15) is 5.76 Å². The molecule has 4 aromatic rings. The maximum absolute atomic E-state index is 6.16. The Morgan fingerprint density at radius 1 is 0.667 bits per heavy atom. The van der Waals surface area contributed by atoms with Crippen molar-refractivity contribution in [2.24, 2.45) is 0 Å². The quantitative estimate of drug-likeness (QED) is 0.342. The van der Waals surface area contributed by atoms with Gasteiger partial charge in [-0.25, -0.2) is 4.98 Å². The van der Waals surface area contributed by atoms with Crippen LogP contribution in [0.25, 0.3) is 33.7 Å². The Morgan fingerprint density at radius 2 is 1.33 bits per heavy atom. The molecule has 0 aliphatic carbocycles. The van der Waals surface area contributed by atoms with Crippen molar-refractivity contribution in [1.29, 1.82) is 0 Å². The number of rotatable bonds is 2. The van der Waals surface area contributed by atoms with Gasteiger partial charge < -0.3 is 4.42 Å². The van der Waals surface area contributed by atoms with E-state index < -0.39 is 0 Å². The first-order valence-corrected chi connectivity index (χ1v) is 10.6. The van der Waals surface area contributed by atoms with Gasteiger partial charge in [-0.05, 0) is 59.2 Å². The van der Waals surface area contributed by atoms with Crippen molar-refractivity contribution in [2.45, 2.75) is 59.3 Å². The highest BCUT2D eigenvalue weighted by Gasteiger charge is 2.17. The van der Waals surface area contributed by atoms with Crippen LogP contribution >= 0.6 is 0 Å². The molecule has 2 aromatic heterocycles. The third-order valence-electron chi connectivity index (χ3n) is 5.66. The highest BCUT2D eigenvalue weighted by molar-refractivity contribution is 5.82. The van der Waals surface area contributed by atoms with Crippen LogP contribution in [-0.4, -0.2) is 4.98 Å². The molecule has 2 heteroatoms. The molecule has 2 nitrogen and oxygen atoms in total. The van der Waals surface area contributed by atoms with E-state index in [1.807, 2.05) is 0 Å². The van der Waals surface area contributed by atoms with E-state index in [9.17, 15) is 0 Å². The van der Waals surface area contributed by atoms with Crippen LogP contribution in [0, 0.1) is 6.92 Å². The summed E-state index contributed by atoms with van der Waals surface area (Å²) in [6, 6.07) is 21.6. The standard InChI is InChI=1S/C28H31NO/c1-18-14-21(16-23(15-18)28(5,6)7)24-13-10-20-17-25(30-26(20)29-24)19-8-11-22(12-9-19)27(2,3)4/h8-17H,1-7H3. The summed E-state index contributed by atoms with van der Waals surface area (Å²) in [4.78, 5) is 4.85. The fourth-order valence-electron chi connectivity index (χ4n) is 3.72. The molecule has 0 saturated carbocycles. The van der Waals surface area contributed by atoms with Crippen LogP contribution in [0.2, 0.25) is 0 Å². The molecule has 0 atom stereocenters. The van der Waals surface area contributed by atoms with Gasteiger partial charge in [0.05, 0.1) is 5.69 Å². The van der Waals surface area contributed by atoms with E-state index in [4.69, 9.17) is 9.40 Å². The summed E-state index contributed by atoms with van der Waals surface area (Å²) in [5.41, 5.74) is 7.96. The summed E-state index contributed by atoms with van der Waals surface area (Å²) in [7, 11) is 0. The van der Waals surface area contributed by atoms with Crippen molar-refractivity contribution < 1.29 is 4.42 Å². The van der Waals surface area contributed by atoms with Gasteiger partial charge in [0, 0.05) is 16.5 Å². The molecule has 0 N–H and O–H groups in total. The maximum atomic E-state index is 6.16. The average molecular weight is 398 g/mol. The van der Waals surface area contributed by atoms with Crippen LogP contribution in [0.5, 0.6) is 0 Å². The molecule has 0 unspecified atom stereocenters. The number of hydrogen-bond donors (Lipinski definition) is 0. The minimum absolute atomic E-state index is 0.0991. The predicted octanol–water partition coefficient (Wildman–Crippen LogP) is 8.07. The van der Waals surface area contributed by atoms with Crippen molar-refractivity contribution in [1.82, 2.24) is 4.98 Å². The van der Waals surface area contributed by atoms with Crippen LogP contribution in [0.3, 0.4) is 0 Å². The Morgan fingerprint density at radius 3 is 1.97 bits per heavy atom. The van der Waals surface area contributed by atoms with Crippen LogP contribution < -0.4 is 0 Å². The van der Waals surface area contributed by atoms with Gasteiger partial charge in [-0.3, -0.25) is 0 Å². The summed E-state index contributed by atoms with van der Waals surface area (Å²) in [6.45, 7) is 15.5. The zero-order valence-electron chi connectivity index (χ0n) is 19.1. The molecule has 30 heavy (non-hydrogen) atoms. The number of pyridine rings is 1. The van der Waals surface area contributed by atoms with E-state index in [0.717, 1.165) is 28.0 Å². The minimum Gasteiger partial charge on any atom is -0.438 e. The number of benzene rings is 2. The molecule has 0 aliphatic heterocycles. The maximum Gasteiger partial charge on any atom is 0.227 e. The van der Waals surface area contributed by atoms with E-state index in [1.54, 1.807) is 0 Å². The summed E-state index contributed by atoms with van der Waals surface area (Å²) in [6.07, 6.45) is 0. The lowest BCUT2D eigenvalue weighted by Crippen LogP contribution is -2.11. The fourth-order valence-corrected chi connectivity index (χ4v) is 3.72. The zero-order chi connectivity index (χ0) is 21.7. The monoisotopic (exact) mass is 397 g/mol. The Balaban J connectivity index is 1.72. The minimum atomic E-state index is 0.0991. The normalized spacial score (nSPS) is 12.5. The van der Waals surface area contributed by atoms with Gasteiger partial charge in [-0.15, -0.1) is 0 Å². The molecule has 2 aromatic carbocycles. The van der Waals surface area contributed by atoms with Crippen molar-refractivity contribution >= 4 is 11.1 Å². The first-order valence-electron chi connectivity index (χ1n) is 10.6. The van der Waals surface area contributed by atoms with Gasteiger partial charge in [0.25, 0.3) is 0 Å². The van der Waals surface area contributed by atoms with Crippen molar-refractivity contribution in [3.63, 3.8) is 0 Å². The van der Waals surface area contributed by atoms with Crippen molar-refractivity contribution in [3.05, 3.63) is 77.4 Å². The second kappa shape index (κ2) is 7.12. The van der Waals surface area contributed by atoms with Gasteiger partial charge in [-0.1, -0.05) is 77.4 Å². The highest BCUT2D eigenvalue weighted by atomic mass is 16.3. The molecule has 2 heterocycles. The van der Waals surface area contributed by atoms with E-state index in [0.29, 0.717) is 5.71 Å². The third-order valence-corrected chi connectivity index (χ3v) is 5.66. The van der Waals surface area contributed by atoms with Crippen LogP contribution in [-0.2, 0) is 10.8 Å². The average Bonchev–Trinajstić information content (AvgIpc) is 3.09. The lowest BCUT2D eigenvalue weighted by Gasteiger charge is -2.20. The molecule has 0 fully saturated rings. The molecule has 0 bridgehead atoms. The summed E-state index contributed by atoms with van der Waals surface area (Å²) < 4.78 is 6.16. The second-order valence-electron chi connectivity index (χ2n) is 10.4. The molecule has 0 aliphatic rings. The number of fused-ring (bicyclic) bond motifs is 1. The van der Waals surface area contributed by atoms with Crippen LogP contribution in [0.1, 0.15) is 58.2 Å². The topological polar surface area (TPSA) is 26.0 Å². The molecule has 0 spiro atoms. The molecule has 0 radical (unpaired) electrons. The van der Waals surface area contributed by atoms with Gasteiger partial charge in [0.2, 0.25) is 5.71 Å². The Hall–Kier alpha value is -2.87.